The standard InChI is InChI=1S/C37H51FN8O2/c1-4-34(24-8-10-25(11-9-24)36(47)48)44(3)37-41-32-18-19-45(28-14-12-27(38)13-15-28)22-31(32)35(42-37)40-33(26-20-39-43(2)21-26)23-46-29-6-5-7-30(46)17-16-29/h12-15,20-21,24-25,29-30,33-34H,4-11,16-19,22-23H2,1-3H3,(H,47,48)(H,40,41,42)/t24?,25?,29-,30?,33+,34-/m1/s1. The molecule has 4 atom stereocenters. The number of nitrogens with zero attached hydrogens (tertiary/aromatic N) is 7. The fourth-order valence-corrected chi connectivity index (χ4v) is 9.13. The van der Waals surface area contributed by atoms with Gasteiger partial charge in [-0.05, 0) is 88.0 Å². The number of hydrogen-bond acceptors (Lipinski definition) is 8. The molecule has 1 unspecified atom stereocenters. The summed E-state index contributed by atoms with van der Waals surface area (Å²) in [5, 5.41) is 18.1. The lowest BCUT2D eigenvalue weighted by Gasteiger charge is -2.39. The van der Waals surface area contributed by atoms with Crippen molar-refractivity contribution in [2.45, 2.75) is 108 Å². The Bertz CT molecular complexity index is 1560. The van der Waals surface area contributed by atoms with Crippen LogP contribution >= 0.6 is 0 Å². The normalized spacial score (nSPS) is 25.4. The van der Waals surface area contributed by atoms with Gasteiger partial charge in [-0.15, -0.1) is 0 Å². The molecule has 0 spiro atoms. The number of halogens is 1. The van der Waals surface area contributed by atoms with Gasteiger partial charge in [-0.1, -0.05) is 13.3 Å². The largest absolute Gasteiger partial charge is 0.481 e. The van der Waals surface area contributed by atoms with Crippen LogP contribution in [0.5, 0.6) is 0 Å². The van der Waals surface area contributed by atoms with E-state index < -0.39 is 5.97 Å². The monoisotopic (exact) mass is 658 g/mol. The summed E-state index contributed by atoms with van der Waals surface area (Å²) in [6.07, 6.45) is 15.5. The second-order valence-corrected chi connectivity index (χ2v) is 14.6. The fourth-order valence-electron chi connectivity index (χ4n) is 9.13. The molecule has 1 saturated carbocycles. The number of piperidine rings is 1. The molecule has 4 aliphatic rings. The Labute approximate surface area is 283 Å². The van der Waals surface area contributed by atoms with Gasteiger partial charge in [-0.2, -0.15) is 10.1 Å². The summed E-state index contributed by atoms with van der Waals surface area (Å²) in [6, 6.07) is 8.27. The van der Waals surface area contributed by atoms with Crippen molar-refractivity contribution in [3.05, 3.63) is 59.3 Å². The Morgan fingerprint density at radius 3 is 2.44 bits per heavy atom. The van der Waals surface area contributed by atoms with E-state index >= 15 is 0 Å². The van der Waals surface area contributed by atoms with Gasteiger partial charge in [0.15, 0.2) is 0 Å². The Morgan fingerprint density at radius 1 is 1.06 bits per heavy atom. The molecule has 258 valence electrons. The number of anilines is 3. The highest BCUT2D eigenvalue weighted by Gasteiger charge is 2.39. The van der Waals surface area contributed by atoms with Crippen LogP contribution in [-0.2, 0) is 24.8 Å². The van der Waals surface area contributed by atoms with Gasteiger partial charge in [0.2, 0.25) is 5.95 Å². The van der Waals surface area contributed by atoms with E-state index in [1.807, 2.05) is 30.1 Å². The lowest BCUT2D eigenvalue weighted by atomic mass is 9.77. The Morgan fingerprint density at radius 2 is 1.79 bits per heavy atom. The number of carbonyl (C=O) groups is 1. The molecule has 1 aliphatic carbocycles. The highest BCUT2D eigenvalue weighted by molar-refractivity contribution is 5.70. The van der Waals surface area contributed by atoms with E-state index in [4.69, 9.17) is 9.97 Å². The first kappa shape index (κ1) is 32.8. The molecular formula is C37H51FN8O2. The van der Waals surface area contributed by atoms with E-state index in [1.165, 1.54) is 44.2 Å². The minimum Gasteiger partial charge on any atom is -0.481 e. The summed E-state index contributed by atoms with van der Waals surface area (Å²) in [5.74, 6) is 0.848. The van der Waals surface area contributed by atoms with Gasteiger partial charge >= 0.3 is 5.97 Å². The van der Waals surface area contributed by atoms with Crippen LogP contribution in [-0.4, -0.2) is 74.0 Å². The van der Waals surface area contributed by atoms with Crippen molar-refractivity contribution in [2.24, 2.45) is 18.9 Å². The first-order chi connectivity index (χ1) is 23.3. The number of fused-ring (bicyclic) bond motifs is 3. The van der Waals surface area contributed by atoms with Crippen LogP contribution in [0.3, 0.4) is 0 Å². The summed E-state index contributed by atoms with van der Waals surface area (Å²) < 4.78 is 15.7. The molecule has 10 nitrogen and oxygen atoms in total. The van der Waals surface area contributed by atoms with E-state index in [9.17, 15) is 14.3 Å². The van der Waals surface area contributed by atoms with Gasteiger partial charge in [0.1, 0.15) is 11.6 Å². The van der Waals surface area contributed by atoms with Crippen LogP contribution < -0.4 is 15.1 Å². The summed E-state index contributed by atoms with van der Waals surface area (Å²) >= 11 is 0. The molecule has 3 aromatic rings. The topological polar surface area (TPSA) is 103 Å². The minimum atomic E-state index is -0.668. The second-order valence-electron chi connectivity index (χ2n) is 14.6. The first-order valence-electron chi connectivity index (χ1n) is 18.1. The number of nitrogens with one attached hydrogen (secondary N) is 1. The van der Waals surface area contributed by atoms with E-state index in [2.05, 4.69) is 45.3 Å². The molecular weight excluding hydrogens is 607 g/mol. The third-order valence-corrected chi connectivity index (χ3v) is 11.8. The van der Waals surface area contributed by atoms with Gasteiger partial charge in [0.05, 0.1) is 23.9 Å². The predicted molar refractivity (Wildman–Crippen MR) is 186 cm³/mol. The highest BCUT2D eigenvalue weighted by Crippen LogP contribution is 2.39. The first-order valence-corrected chi connectivity index (χ1v) is 18.1. The molecule has 3 fully saturated rings. The number of aryl methyl sites for hydroxylation is 1. The molecule has 2 bridgehead atoms. The predicted octanol–water partition coefficient (Wildman–Crippen LogP) is 6.19. The second kappa shape index (κ2) is 14.0. The molecule has 2 N–H and O–H groups in total. The Hall–Kier alpha value is -3.73. The van der Waals surface area contributed by atoms with Gasteiger partial charge in [-0.25, -0.2) is 9.37 Å². The van der Waals surface area contributed by atoms with Crippen molar-refractivity contribution in [3.63, 3.8) is 0 Å². The average Bonchev–Trinajstić information content (AvgIpc) is 3.61. The van der Waals surface area contributed by atoms with Crippen molar-refractivity contribution < 1.29 is 14.3 Å². The molecule has 5 heterocycles. The van der Waals surface area contributed by atoms with Gasteiger partial charge in [0.25, 0.3) is 0 Å². The van der Waals surface area contributed by atoms with Gasteiger partial charge in [-0.3, -0.25) is 14.4 Å². The maximum Gasteiger partial charge on any atom is 0.306 e. The zero-order valence-corrected chi connectivity index (χ0v) is 28.7. The number of aromatic nitrogens is 4. The zero-order chi connectivity index (χ0) is 33.4. The van der Waals surface area contributed by atoms with Crippen LogP contribution in [0.15, 0.2) is 36.7 Å². The summed E-state index contributed by atoms with van der Waals surface area (Å²) in [6.45, 7) is 4.54. The molecule has 3 aliphatic heterocycles. The Kier molecular flexibility index (Phi) is 9.58. The number of hydrogen-bond donors (Lipinski definition) is 2. The average molecular weight is 659 g/mol. The molecule has 2 aromatic heterocycles. The summed E-state index contributed by atoms with van der Waals surface area (Å²) in [4.78, 5) is 29.5. The number of carboxylic acid groups (broad SMARTS) is 1. The SMILES string of the molecule is CC[C@H](C1CCC(C(=O)O)CC1)N(C)c1nc2c(c(N[C@@H](CN3C4CCC[C@@H]3CC4)c3cnn(C)c3)n1)CN(c1ccc(F)cc1)CC2. The highest BCUT2D eigenvalue weighted by atomic mass is 19.1. The molecule has 48 heavy (non-hydrogen) atoms. The van der Waals surface area contributed by atoms with Crippen molar-refractivity contribution in [2.75, 3.05) is 35.3 Å². The molecule has 11 heteroatoms. The quantitative estimate of drug-likeness (QED) is 0.250. The van der Waals surface area contributed by atoms with Crippen LogP contribution in [0.1, 0.15) is 94.0 Å². The third-order valence-electron chi connectivity index (χ3n) is 11.8. The molecule has 0 radical (unpaired) electrons. The van der Waals surface area contributed by atoms with Crippen molar-refractivity contribution >= 4 is 23.4 Å². The van der Waals surface area contributed by atoms with E-state index in [1.54, 1.807) is 0 Å². The number of carboxylic acids is 1. The van der Waals surface area contributed by atoms with Crippen molar-refractivity contribution in [1.29, 1.82) is 0 Å². The lowest BCUT2D eigenvalue weighted by Crippen LogP contribution is -2.43. The number of rotatable bonds is 11. The van der Waals surface area contributed by atoms with Crippen LogP contribution in [0.4, 0.5) is 21.8 Å². The van der Waals surface area contributed by atoms with Crippen molar-refractivity contribution in [1.82, 2.24) is 24.6 Å². The van der Waals surface area contributed by atoms with Gasteiger partial charge < -0.3 is 20.2 Å². The molecule has 0 amide bonds. The molecule has 7 rings (SSSR count). The summed E-state index contributed by atoms with van der Waals surface area (Å²) in [7, 11) is 4.08. The third kappa shape index (κ3) is 6.75. The summed E-state index contributed by atoms with van der Waals surface area (Å²) in [5.41, 5.74) is 4.29. The minimum absolute atomic E-state index is 0.00604. The molecule has 2 saturated heterocycles. The fraction of sp³-hybridized carbons (Fsp3) is 0.622. The number of aliphatic carboxylic acids is 1. The van der Waals surface area contributed by atoms with Crippen LogP contribution in [0.25, 0.3) is 0 Å². The maximum atomic E-state index is 13.8. The lowest BCUT2D eigenvalue weighted by molar-refractivity contribution is -0.143. The smallest absolute Gasteiger partial charge is 0.306 e. The maximum absolute atomic E-state index is 13.8. The Balaban J connectivity index is 1.22. The van der Waals surface area contributed by atoms with E-state index in [0.717, 1.165) is 85.9 Å². The molecule has 1 aromatic carbocycles. The van der Waals surface area contributed by atoms with Crippen LogP contribution in [0.2, 0.25) is 0 Å². The van der Waals surface area contributed by atoms with E-state index in [0.29, 0.717) is 24.5 Å². The zero-order valence-electron chi connectivity index (χ0n) is 28.7. The number of benzene rings is 1. The van der Waals surface area contributed by atoms with E-state index in [-0.39, 0.29) is 23.8 Å². The van der Waals surface area contributed by atoms with Gasteiger partial charge in [0, 0.05) is 81.3 Å². The van der Waals surface area contributed by atoms with Crippen LogP contribution in [0, 0.1) is 17.7 Å². The van der Waals surface area contributed by atoms with Crippen molar-refractivity contribution in [3.8, 4) is 0 Å².